The van der Waals surface area contributed by atoms with Gasteiger partial charge in [0, 0.05) is 32.2 Å². The Kier molecular flexibility index (Phi) is 2.86. The zero-order valence-corrected chi connectivity index (χ0v) is 8.60. The topological polar surface area (TPSA) is 91.3 Å². The van der Waals surface area contributed by atoms with Gasteiger partial charge in [0.15, 0.2) is 0 Å². The van der Waals surface area contributed by atoms with Crippen molar-refractivity contribution in [2.45, 2.75) is 0 Å². The van der Waals surface area contributed by atoms with Crippen molar-refractivity contribution >= 4 is 11.6 Å². The lowest BCUT2D eigenvalue weighted by molar-refractivity contribution is -0.384. The number of amides is 1. The summed E-state index contributed by atoms with van der Waals surface area (Å²) in [6.07, 6.45) is 1.23. The minimum Gasteiger partial charge on any atom is -0.351 e. The fourth-order valence-electron chi connectivity index (χ4n) is 1.65. The highest BCUT2D eigenvalue weighted by Crippen LogP contribution is 2.14. The number of hydrogen-bond donors (Lipinski definition) is 2. The van der Waals surface area contributed by atoms with Crippen molar-refractivity contribution in [3.63, 3.8) is 0 Å². The van der Waals surface area contributed by atoms with Crippen LogP contribution in [-0.2, 0) is 0 Å². The van der Waals surface area contributed by atoms with Gasteiger partial charge in [0.2, 0.25) is 0 Å². The van der Waals surface area contributed by atoms with E-state index in [9.17, 15) is 14.9 Å². The van der Waals surface area contributed by atoms with Crippen LogP contribution < -0.4 is 5.32 Å². The van der Waals surface area contributed by atoms with E-state index in [1.54, 1.807) is 4.90 Å². The van der Waals surface area contributed by atoms with Crippen LogP contribution in [0.3, 0.4) is 0 Å². The normalized spacial score (nSPS) is 16.1. The van der Waals surface area contributed by atoms with Crippen LogP contribution in [0.2, 0.25) is 0 Å². The molecule has 7 nitrogen and oxygen atoms in total. The monoisotopic (exact) mass is 224 g/mol. The Bertz CT molecular complexity index is 409. The molecule has 1 amide bonds. The molecule has 1 aliphatic heterocycles. The zero-order valence-electron chi connectivity index (χ0n) is 8.60. The van der Waals surface area contributed by atoms with Gasteiger partial charge in [-0.2, -0.15) is 0 Å². The molecule has 0 unspecified atom stereocenters. The molecule has 86 valence electrons. The quantitative estimate of drug-likeness (QED) is 0.545. The van der Waals surface area contributed by atoms with E-state index in [1.165, 1.54) is 12.3 Å². The second kappa shape index (κ2) is 4.31. The molecular formula is C9H12N4O3. The molecule has 2 heterocycles. The zero-order chi connectivity index (χ0) is 11.5. The SMILES string of the molecule is O=C(c1cc([N+](=O)[O-])c[nH]1)N1CCNCC1. The number of H-pyrrole nitrogens is 1. The summed E-state index contributed by atoms with van der Waals surface area (Å²) < 4.78 is 0. The second-order valence-electron chi connectivity index (χ2n) is 3.57. The summed E-state index contributed by atoms with van der Waals surface area (Å²) in [5.74, 6) is -0.186. The summed E-state index contributed by atoms with van der Waals surface area (Å²) in [6, 6.07) is 1.27. The van der Waals surface area contributed by atoms with Crippen molar-refractivity contribution in [1.82, 2.24) is 15.2 Å². The predicted octanol–water partition coefficient (Wildman–Crippen LogP) is -0.0317. The van der Waals surface area contributed by atoms with Crippen LogP contribution >= 0.6 is 0 Å². The van der Waals surface area contributed by atoms with Gasteiger partial charge in [-0.25, -0.2) is 0 Å². The Balaban J connectivity index is 2.10. The Morgan fingerprint density at radius 3 is 2.69 bits per heavy atom. The van der Waals surface area contributed by atoms with E-state index in [0.717, 1.165) is 13.1 Å². The van der Waals surface area contributed by atoms with E-state index in [2.05, 4.69) is 10.3 Å². The standard InChI is InChI=1S/C9H12N4O3/c14-9(12-3-1-10-2-4-12)8-5-7(6-11-8)13(15)16/h5-6,10-11H,1-4H2. The Hall–Kier alpha value is -1.89. The van der Waals surface area contributed by atoms with Crippen molar-refractivity contribution in [3.05, 3.63) is 28.1 Å². The van der Waals surface area contributed by atoms with E-state index < -0.39 is 4.92 Å². The third-order valence-electron chi connectivity index (χ3n) is 2.51. The molecule has 0 spiro atoms. The van der Waals surface area contributed by atoms with E-state index in [1.807, 2.05) is 0 Å². The lowest BCUT2D eigenvalue weighted by atomic mass is 10.3. The van der Waals surface area contributed by atoms with Gasteiger partial charge in [-0.15, -0.1) is 0 Å². The highest BCUT2D eigenvalue weighted by Gasteiger charge is 2.21. The smallest absolute Gasteiger partial charge is 0.287 e. The van der Waals surface area contributed by atoms with Gasteiger partial charge >= 0.3 is 0 Å². The first-order chi connectivity index (χ1) is 7.68. The first-order valence-electron chi connectivity index (χ1n) is 5.01. The molecule has 0 saturated carbocycles. The minimum atomic E-state index is -0.523. The second-order valence-corrected chi connectivity index (χ2v) is 3.57. The molecule has 0 aromatic carbocycles. The van der Waals surface area contributed by atoms with Gasteiger partial charge < -0.3 is 15.2 Å². The van der Waals surface area contributed by atoms with Crippen LogP contribution in [0.25, 0.3) is 0 Å². The lowest BCUT2D eigenvalue weighted by Crippen LogP contribution is -2.46. The first-order valence-corrected chi connectivity index (χ1v) is 5.01. The third-order valence-corrected chi connectivity index (χ3v) is 2.51. The number of carbonyl (C=O) groups excluding carboxylic acids is 1. The number of nitro groups is 1. The third kappa shape index (κ3) is 2.03. The molecule has 16 heavy (non-hydrogen) atoms. The van der Waals surface area contributed by atoms with Crippen molar-refractivity contribution in [2.24, 2.45) is 0 Å². The fraction of sp³-hybridized carbons (Fsp3) is 0.444. The van der Waals surface area contributed by atoms with Crippen molar-refractivity contribution < 1.29 is 9.72 Å². The Labute approximate surface area is 91.6 Å². The van der Waals surface area contributed by atoms with Crippen molar-refractivity contribution in [1.29, 1.82) is 0 Å². The molecule has 0 aliphatic carbocycles. The van der Waals surface area contributed by atoms with E-state index in [-0.39, 0.29) is 17.3 Å². The largest absolute Gasteiger partial charge is 0.351 e. The van der Waals surface area contributed by atoms with Gasteiger partial charge in [0.1, 0.15) is 5.69 Å². The molecular weight excluding hydrogens is 212 g/mol. The lowest BCUT2D eigenvalue weighted by Gasteiger charge is -2.26. The molecule has 1 fully saturated rings. The van der Waals surface area contributed by atoms with Crippen LogP contribution in [-0.4, -0.2) is 46.9 Å². The van der Waals surface area contributed by atoms with Gasteiger partial charge in [0.05, 0.1) is 11.1 Å². The van der Waals surface area contributed by atoms with Gasteiger partial charge in [-0.3, -0.25) is 14.9 Å². The number of carbonyl (C=O) groups is 1. The number of nitrogens with zero attached hydrogens (tertiary/aromatic N) is 2. The molecule has 1 aliphatic rings. The van der Waals surface area contributed by atoms with Crippen molar-refractivity contribution in [3.8, 4) is 0 Å². The highest BCUT2D eigenvalue weighted by atomic mass is 16.6. The number of nitrogens with one attached hydrogen (secondary N) is 2. The van der Waals surface area contributed by atoms with Gasteiger partial charge in [-0.05, 0) is 0 Å². The summed E-state index contributed by atoms with van der Waals surface area (Å²) in [4.78, 5) is 26.1. The minimum absolute atomic E-state index is 0.0847. The maximum atomic E-state index is 11.9. The first kappa shape index (κ1) is 10.6. The summed E-state index contributed by atoms with van der Waals surface area (Å²) in [7, 11) is 0. The van der Waals surface area contributed by atoms with Crippen LogP contribution in [0.15, 0.2) is 12.3 Å². The maximum absolute atomic E-state index is 11.9. The molecule has 0 bridgehead atoms. The molecule has 0 radical (unpaired) electrons. The number of aromatic amines is 1. The predicted molar refractivity (Wildman–Crippen MR) is 56.2 cm³/mol. The molecule has 1 aromatic heterocycles. The van der Waals surface area contributed by atoms with Crippen LogP contribution in [0.5, 0.6) is 0 Å². The van der Waals surface area contributed by atoms with E-state index >= 15 is 0 Å². The molecule has 2 rings (SSSR count). The Morgan fingerprint density at radius 2 is 2.12 bits per heavy atom. The number of aromatic nitrogens is 1. The van der Waals surface area contributed by atoms with E-state index in [0.29, 0.717) is 13.1 Å². The molecule has 1 aromatic rings. The number of piperazine rings is 1. The van der Waals surface area contributed by atoms with Crippen LogP contribution in [0, 0.1) is 10.1 Å². The summed E-state index contributed by atoms with van der Waals surface area (Å²) in [5.41, 5.74) is 0.187. The van der Waals surface area contributed by atoms with Crippen LogP contribution in [0.4, 0.5) is 5.69 Å². The number of hydrogen-bond acceptors (Lipinski definition) is 4. The average molecular weight is 224 g/mol. The molecule has 2 N–H and O–H groups in total. The highest BCUT2D eigenvalue weighted by molar-refractivity contribution is 5.93. The molecule has 7 heteroatoms. The fourth-order valence-corrected chi connectivity index (χ4v) is 1.65. The van der Waals surface area contributed by atoms with Crippen molar-refractivity contribution in [2.75, 3.05) is 26.2 Å². The summed E-state index contributed by atoms with van der Waals surface area (Å²) >= 11 is 0. The summed E-state index contributed by atoms with van der Waals surface area (Å²) in [6.45, 7) is 2.78. The Morgan fingerprint density at radius 1 is 1.44 bits per heavy atom. The van der Waals surface area contributed by atoms with E-state index in [4.69, 9.17) is 0 Å². The maximum Gasteiger partial charge on any atom is 0.287 e. The molecule has 1 saturated heterocycles. The molecule has 0 atom stereocenters. The van der Waals surface area contributed by atoms with Gasteiger partial charge in [0.25, 0.3) is 11.6 Å². The average Bonchev–Trinajstić information content (AvgIpc) is 2.78. The summed E-state index contributed by atoms with van der Waals surface area (Å²) in [5, 5.41) is 13.6. The number of rotatable bonds is 2. The van der Waals surface area contributed by atoms with Crippen LogP contribution in [0.1, 0.15) is 10.5 Å². The van der Waals surface area contributed by atoms with Gasteiger partial charge in [-0.1, -0.05) is 0 Å².